The first-order valence-electron chi connectivity index (χ1n) is 11.3. The molecule has 0 bridgehead atoms. The van der Waals surface area contributed by atoms with Crippen molar-refractivity contribution in [3.05, 3.63) is 77.1 Å². The van der Waals surface area contributed by atoms with Crippen molar-refractivity contribution >= 4 is 17.7 Å². The van der Waals surface area contributed by atoms with Gasteiger partial charge in [0.15, 0.2) is 0 Å². The molecule has 1 unspecified atom stereocenters. The Kier molecular flexibility index (Phi) is 5.83. The highest BCUT2D eigenvalue weighted by Gasteiger charge is 2.40. The largest absolute Gasteiger partial charge is 0.487 e. The highest BCUT2D eigenvalue weighted by atomic mass is 16.5. The van der Waals surface area contributed by atoms with Gasteiger partial charge >= 0.3 is 0 Å². The normalized spacial score (nSPS) is 18.6. The summed E-state index contributed by atoms with van der Waals surface area (Å²) in [5.41, 5.74) is 3.17. The van der Waals surface area contributed by atoms with Gasteiger partial charge in [-0.25, -0.2) is 4.68 Å². The first-order chi connectivity index (χ1) is 16.5. The van der Waals surface area contributed by atoms with Crippen molar-refractivity contribution < 1.29 is 19.1 Å². The zero-order valence-corrected chi connectivity index (χ0v) is 18.8. The Morgan fingerprint density at radius 1 is 1.12 bits per heavy atom. The van der Waals surface area contributed by atoms with Crippen molar-refractivity contribution in [3.63, 3.8) is 0 Å². The second kappa shape index (κ2) is 9.09. The van der Waals surface area contributed by atoms with E-state index in [0.29, 0.717) is 23.4 Å². The fourth-order valence-electron chi connectivity index (χ4n) is 4.49. The minimum absolute atomic E-state index is 0.143. The summed E-state index contributed by atoms with van der Waals surface area (Å²) < 4.78 is 7.85. The van der Waals surface area contributed by atoms with Crippen LogP contribution in [-0.2, 0) is 29.2 Å². The minimum Gasteiger partial charge on any atom is -0.487 e. The maximum absolute atomic E-state index is 13.0. The quantitative estimate of drug-likeness (QED) is 0.544. The molecule has 34 heavy (non-hydrogen) atoms. The summed E-state index contributed by atoms with van der Waals surface area (Å²) in [6, 6.07) is 15.0. The van der Waals surface area contributed by atoms with Crippen LogP contribution in [0, 0.1) is 0 Å². The third-order valence-electron chi connectivity index (χ3n) is 6.30. The molecule has 9 heteroatoms. The molecule has 3 amide bonds. The average Bonchev–Trinajstić information content (AvgIpc) is 3.44. The van der Waals surface area contributed by atoms with E-state index in [-0.39, 0.29) is 37.4 Å². The number of rotatable bonds is 7. The van der Waals surface area contributed by atoms with Crippen LogP contribution in [0.5, 0.6) is 5.75 Å². The van der Waals surface area contributed by atoms with Crippen LogP contribution < -0.4 is 10.1 Å². The lowest BCUT2D eigenvalue weighted by Gasteiger charge is -2.29. The summed E-state index contributed by atoms with van der Waals surface area (Å²) in [4.78, 5) is 38.2. The minimum atomic E-state index is -0.656. The number of hydrogen-bond donors (Lipinski definition) is 1. The third kappa shape index (κ3) is 4.28. The van der Waals surface area contributed by atoms with Gasteiger partial charge in [0.1, 0.15) is 24.1 Å². The van der Waals surface area contributed by atoms with Crippen molar-refractivity contribution in [2.45, 2.75) is 51.4 Å². The number of hydrogen-bond acceptors (Lipinski definition) is 6. The monoisotopic (exact) mass is 459 g/mol. The number of nitrogens with one attached hydrogen (secondary N) is 1. The molecule has 0 radical (unpaired) electrons. The molecule has 2 aromatic carbocycles. The molecule has 0 saturated carbocycles. The van der Waals surface area contributed by atoms with Crippen LogP contribution in [-0.4, -0.2) is 43.7 Å². The summed E-state index contributed by atoms with van der Waals surface area (Å²) in [6.07, 6.45) is 3.26. The number of carbonyl (C=O) groups is 3. The molecular weight excluding hydrogens is 434 g/mol. The highest BCUT2D eigenvalue weighted by Crippen LogP contribution is 2.33. The lowest BCUT2D eigenvalue weighted by molar-refractivity contribution is -0.136. The Bertz CT molecular complexity index is 1240. The zero-order valence-electron chi connectivity index (χ0n) is 18.8. The molecule has 3 heterocycles. The van der Waals surface area contributed by atoms with Crippen LogP contribution >= 0.6 is 0 Å². The zero-order chi connectivity index (χ0) is 23.7. The van der Waals surface area contributed by atoms with Gasteiger partial charge in [-0.2, -0.15) is 0 Å². The maximum Gasteiger partial charge on any atom is 0.255 e. The number of carbonyl (C=O) groups excluding carboxylic acids is 3. The van der Waals surface area contributed by atoms with E-state index in [9.17, 15) is 14.4 Å². The fraction of sp³-hybridized carbons (Fsp3) is 0.320. The molecule has 1 saturated heterocycles. The van der Waals surface area contributed by atoms with Gasteiger partial charge in [-0.3, -0.25) is 19.7 Å². The molecule has 1 fully saturated rings. The van der Waals surface area contributed by atoms with E-state index in [2.05, 4.69) is 34.7 Å². The number of nitrogens with zero attached hydrogens (tertiary/aromatic N) is 4. The molecule has 0 spiro atoms. The standard InChI is InChI=1S/C25H25N5O4/c1-16(12-17-6-3-2-4-7-17)30-13-18(27-28-30)15-34-22-9-5-8-19-20(22)14-29(25(19)33)21-10-11-23(31)26-24(21)32/h2-9,13,16,21H,10-12,14-15H2,1H3,(H,26,31,32)/t16-,21?/m1/s1. The fourth-order valence-corrected chi connectivity index (χ4v) is 4.49. The Labute approximate surface area is 196 Å². The number of aromatic nitrogens is 3. The number of imide groups is 1. The number of fused-ring (bicyclic) bond motifs is 1. The average molecular weight is 460 g/mol. The summed E-state index contributed by atoms with van der Waals surface area (Å²) in [5.74, 6) is -0.384. The van der Waals surface area contributed by atoms with Gasteiger partial charge < -0.3 is 9.64 Å². The van der Waals surface area contributed by atoms with Crippen LogP contribution in [0.25, 0.3) is 0 Å². The predicted octanol–water partition coefficient (Wildman–Crippen LogP) is 2.42. The number of amides is 3. The Morgan fingerprint density at radius 3 is 2.74 bits per heavy atom. The van der Waals surface area contributed by atoms with E-state index in [1.807, 2.05) is 35.1 Å². The van der Waals surface area contributed by atoms with Crippen LogP contribution in [0.1, 0.15) is 53.0 Å². The Balaban J connectivity index is 1.25. The third-order valence-corrected chi connectivity index (χ3v) is 6.30. The van der Waals surface area contributed by atoms with Gasteiger partial charge in [0.2, 0.25) is 11.8 Å². The van der Waals surface area contributed by atoms with E-state index in [1.54, 1.807) is 12.1 Å². The van der Waals surface area contributed by atoms with Gasteiger partial charge in [-0.1, -0.05) is 41.6 Å². The molecule has 5 rings (SSSR count). The smallest absolute Gasteiger partial charge is 0.255 e. The van der Waals surface area contributed by atoms with Crippen molar-refractivity contribution in [3.8, 4) is 5.75 Å². The number of benzene rings is 2. The Morgan fingerprint density at radius 2 is 1.94 bits per heavy atom. The lowest BCUT2D eigenvalue weighted by atomic mass is 10.0. The highest BCUT2D eigenvalue weighted by molar-refractivity contribution is 6.05. The molecule has 0 aliphatic carbocycles. The first kappa shape index (κ1) is 21.8. The van der Waals surface area contributed by atoms with Crippen molar-refractivity contribution in [2.24, 2.45) is 0 Å². The molecule has 1 N–H and O–H groups in total. The van der Waals surface area contributed by atoms with Gasteiger partial charge in [-0.15, -0.1) is 5.10 Å². The summed E-state index contributed by atoms with van der Waals surface area (Å²) in [7, 11) is 0. The van der Waals surface area contributed by atoms with Gasteiger partial charge in [0.25, 0.3) is 5.91 Å². The first-order valence-corrected chi connectivity index (χ1v) is 11.3. The molecule has 3 aromatic rings. The van der Waals surface area contributed by atoms with Crippen LogP contribution in [0.2, 0.25) is 0 Å². The second-order valence-electron chi connectivity index (χ2n) is 8.70. The molecular formula is C25H25N5O4. The van der Waals surface area contributed by atoms with Crippen molar-refractivity contribution in [1.82, 2.24) is 25.2 Å². The van der Waals surface area contributed by atoms with E-state index in [4.69, 9.17) is 4.74 Å². The molecule has 2 aliphatic heterocycles. The van der Waals surface area contributed by atoms with Gasteiger partial charge in [0.05, 0.1) is 18.8 Å². The van der Waals surface area contributed by atoms with Gasteiger partial charge in [0, 0.05) is 17.5 Å². The molecule has 9 nitrogen and oxygen atoms in total. The maximum atomic E-state index is 13.0. The summed E-state index contributed by atoms with van der Waals surface area (Å²) >= 11 is 0. The van der Waals surface area contributed by atoms with Crippen LogP contribution in [0.3, 0.4) is 0 Å². The summed E-state index contributed by atoms with van der Waals surface area (Å²) in [6.45, 7) is 2.56. The Hall–Kier alpha value is -4.01. The SMILES string of the molecule is C[C@H](Cc1ccccc1)n1cc(COc2cccc3c2CN(C2CCC(=O)NC2=O)C3=O)nn1. The van der Waals surface area contributed by atoms with E-state index in [0.717, 1.165) is 12.0 Å². The van der Waals surface area contributed by atoms with Crippen molar-refractivity contribution in [1.29, 1.82) is 0 Å². The molecule has 2 atom stereocenters. The summed E-state index contributed by atoms with van der Waals surface area (Å²) in [5, 5.41) is 10.8. The number of ether oxygens (including phenoxy) is 1. The van der Waals surface area contributed by atoms with Crippen LogP contribution in [0.15, 0.2) is 54.7 Å². The van der Waals surface area contributed by atoms with E-state index >= 15 is 0 Å². The van der Waals surface area contributed by atoms with E-state index < -0.39 is 11.9 Å². The molecule has 174 valence electrons. The lowest BCUT2D eigenvalue weighted by Crippen LogP contribution is -2.52. The second-order valence-corrected chi connectivity index (χ2v) is 8.70. The number of piperidine rings is 1. The van der Waals surface area contributed by atoms with Crippen molar-refractivity contribution in [2.75, 3.05) is 0 Å². The molecule has 1 aromatic heterocycles. The van der Waals surface area contributed by atoms with Crippen LogP contribution in [0.4, 0.5) is 0 Å². The topological polar surface area (TPSA) is 106 Å². The van der Waals surface area contributed by atoms with Gasteiger partial charge in [-0.05, 0) is 37.5 Å². The predicted molar refractivity (Wildman–Crippen MR) is 122 cm³/mol. The van der Waals surface area contributed by atoms with E-state index in [1.165, 1.54) is 10.5 Å². The molecule has 2 aliphatic rings.